The molecular weight excluding hydrogens is 304 g/mol. The maximum Gasteiger partial charge on any atom is 0.319 e. The van der Waals surface area contributed by atoms with E-state index in [2.05, 4.69) is 10.6 Å². The fourth-order valence-electron chi connectivity index (χ4n) is 2.36. The van der Waals surface area contributed by atoms with Gasteiger partial charge in [-0.3, -0.25) is 4.79 Å². The van der Waals surface area contributed by atoms with Gasteiger partial charge in [0.15, 0.2) is 0 Å². The Morgan fingerprint density at radius 1 is 1.08 bits per heavy atom. The van der Waals surface area contributed by atoms with Crippen molar-refractivity contribution in [3.63, 3.8) is 0 Å². The molecule has 0 aromatic heterocycles. The van der Waals surface area contributed by atoms with Gasteiger partial charge in [-0.05, 0) is 52.8 Å². The van der Waals surface area contributed by atoms with Gasteiger partial charge < -0.3 is 20.4 Å². The first-order chi connectivity index (χ1) is 11.1. The van der Waals surface area contributed by atoms with E-state index in [0.29, 0.717) is 24.3 Å². The minimum Gasteiger partial charge on any atom is -0.377 e. The Morgan fingerprint density at radius 2 is 1.67 bits per heavy atom. The number of urea groups is 1. The number of amides is 3. The number of hydrogen-bond donors (Lipinski definition) is 2. The quantitative estimate of drug-likeness (QED) is 0.869. The average Bonchev–Trinajstić information content (AvgIpc) is 2.45. The molecular formula is C18H30N4O2. The summed E-state index contributed by atoms with van der Waals surface area (Å²) in [6.07, 6.45) is 0. The molecule has 0 fully saturated rings. The van der Waals surface area contributed by atoms with Crippen molar-refractivity contribution in [3.05, 3.63) is 23.8 Å². The minimum absolute atomic E-state index is 0.0384. The summed E-state index contributed by atoms with van der Waals surface area (Å²) in [7, 11) is 3.79. The highest BCUT2D eigenvalue weighted by atomic mass is 16.2. The highest BCUT2D eigenvalue weighted by Gasteiger charge is 2.19. The molecule has 0 atom stereocenters. The van der Waals surface area contributed by atoms with E-state index in [1.54, 1.807) is 17.0 Å². The van der Waals surface area contributed by atoms with Crippen LogP contribution in [-0.2, 0) is 0 Å². The van der Waals surface area contributed by atoms with Crippen molar-refractivity contribution in [2.24, 2.45) is 0 Å². The zero-order valence-electron chi connectivity index (χ0n) is 15.9. The second-order valence-electron chi connectivity index (χ2n) is 6.93. The molecule has 1 aromatic rings. The predicted molar refractivity (Wildman–Crippen MR) is 99.9 cm³/mol. The van der Waals surface area contributed by atoms with Crippen LogP contribution in [0.2, 0.25) is 0 Å². The summed E-state index contributed by atoms with van der Waals surface area (Å²) in [5.41, 5.74) is 1.68. The standard InChI is InChI=1S/C18H30N4O2/c1-8-22(9-2)16(23)14-12-13(10-11-15(14)21(6)7)19-17(24)20-18(3,4)5/h10-12H,8-9H2,1-7H3,(H2,19,20,24). The van der Waals surface area contributed by atoms with E-state index >= 15 is 0 Å². The first-order valence-corrected chi connectivity index (χ1v) is 8.28. The number of anilines is 2. The van der Waals surface area contributed by atoms with Crippen molar-refractivity contribution >= 4 is 23.3 Å². The molecule has 1 aromatic carbocycles. The Balaban J connectivity index is 3.12. The molecule has 0 saturated heterocycles. The van der Waals surface area contributed by atoms with Crippen LogP contribution in [-0.4, -0.2) is 49.6 Å². The summed E-state index contributed by atoms with van der Waals surface area (Å²) >= 11 is 0. The summed E-state index contributed by atoms with van der Waals surface area (Å²) < 4.78 is 0. The zero-order valence-corrected chi connectivity index (χ0v) is 15.9. The fraction of sp³-hybridized carbons (Fsp3) is 0.556. The molecule has 6 heteroatoms. The number of benzene rings is 1. The largest absolute Gasteiger partial charge is 0.377 e. The van der Waals surface area contributed by atoms with Crippen LogP contribution in [0.1, 0.15) is 45.0 Å². The van der Waals surface area contributed by atoms with E-state index in [4.69, 9.17) is 0 Å². The molecule has 0 bridgehead atoms. The third-order valence-corrected chi connectivity index (χ3v) is 3.51. The molecule has 0 aliphatic rings. The van der Waals surface area contributed by atoms with Gasteiger partial charge >= 0.3 is 6.03 Å². The van der Waals surface area contributed by atoms with Gasteiger partial charge in [-0.1, -0.05) is 0 Å². The molecule has 0 heterocycles. The van der Waals surface area contributed by atoms with Gasteiger partial charge in [-0.15, -0.1) is 0 Å². The first kappa shape index (κ1) is 19.8. The highest BCUT2D eigenvalue weighted by Crippen LogP contribution is 2.24. The van der Waals surface area contributed by atoms with E-state index in [1.807, 2.05) is 59.7 Å². The SMILES string of the molecule is CCN(CC)C(=O)c1cc(NC(=O)NC(C)(C)C)ccc1N(C)C. The van der Waals surface area contributed by atoms with E-state index in [1.165, 1.54) is 0 Å². The molecule has 3 amide bonds. The molecule has 6 nitrogen and oxygen atoms in total. The Hall–Kier alpha value is -2.24. The molecule has 0 saturated carbocycles. The van der Waals surface area contributed by atoms with Crippen LogP contribution >= 0.6 is 0 Å². The Labute approximate surface area is 145 Å². The number of nitrogens with one attached hydrogen (secondary N) is 2. The van der Waals surface area contributed by atoms with Crippen molar-refractivity contribution in [2.45, 2.75) is 40.2 Å². The molecule has 134 valence electrons. The van der Waals surface area contributed by atoms with Crippen molar-refractivity contribution in [1.29, 1.82) is 0 Å². The summed E-state index contributed by atoms with van der Waals surface area (Å²) in [6, 6.07) is 5.10. The van der Waals surface area contributed by atoms with Gasteiger partial charge in [-0.2, -0.15) is 0 Å². The monoisotopic (exact) mass is 334 g/mol. The second-order valence-corrected chi connectivity index (χ2v) is 6.93. The number of carbonyl (C=O) groups excluding carboxylic acids is 2. The molecule has 0 aliphatic carbocycles. The minimum atomic E-state index is -0.326. The highest BCUT2D eigenvalue weighted by molar-refractivity contribution is 6.02. The van der Waals surface area contributed by atoms with Crippen LogP contribution in [0.5, 0.6) is 0 Å². The van der Waals surface area contributed by atoms with Crippen LogP contribution in [0.25, 0.3) is 0 Å². The lowest BCUT2D eigenvalue weighted by Gasteiger charge is -2.24. The zero-order chi connectivity index (χ0) is 18.5. The molecule has 0 spiro atoms. The van der Waals surface area contributed by atoms with E-state index in [-0.39, 0.29) is 17.5 Å². The first-order valence-electron chi connectivity index (χ1n) is 8.28. The van der Waals surface area contributed by atoms with Crippen molar-refractivity contribution in [2.75, 3.05) is 37.4 Å². The topological polar surface area (TPSA) is 64.7 Å². The van der Waals surface area contributed by atoms with Gasteiger partial charge in [0.05, 0.1) is 5.56 Å². The van der Waals surface area contributed by atoms with Gasteiger partial charge in [0.2, 0.25) is 0 Å². The Morgan fingerprint density at radius 3 is 2.12 bits per heavy atom. The lowest BCUT2D eigenvalue weighted by Crippen LogP contribution is -2.43. The lowest BCUT2D eigenvalue weighted by atomic mass is 10.1. The summed E-state index contributed by atoms with van der Waals surface area (Å²) in [5, 5.41) is 5.64. The number of carbonyl (C=O) groups is 2. The van der Waals surface area contributed by atoms with Crippen molar-refractivity contribution in [3.8, 4) is 0 Å². The van der Waals surface area contributed by atoms with Crippen LogP contribution in [0.4, 0.5) is 16.2 Å². The second kappa shape index (κ2) is 8.04. The molecule has 0 aliphatic heterocycles. The van der Waals surface area contributed by atoms with Crippen LogP contribution < -0.4 is 15.5 Å². The van der Waals surface area contributed by atoms with E-state index in [9.17, 15) is 9.59 Å². The molecule has 0 radical (unpaired) electrons. The number of nitrogens with zero attached hydrogens (tertiary/aromatic N) is 2. The van der Waals surface area contributed by atoms with Crippen LogP contribution in [0, 0.1) is 0 Å². The molecule has 2 N–H and O–H groups in total. The predicted octanol–water partition coefficient (Wildman–Crippen LogP) is 3.15. The normalized spacial score (nSPS) is 11.0. The van der Waals surface area contributed by atoms with Crippen molar-refractivity contribution in [1.82, 2.24) is 10.2 Å². The fourth-order valence-corrected chi connectivity index (χ4v) is 2.36. The maximum atomic E-state index is 12.8. The average molecular weight is 334 g/mol. The molecule has 1 rings (SSSR count). The van der Waals surface area contributed by atoms with E-state index < -0.39 is 0 Å². The van der Waals surface area contributed by atoms with Crippen LogP contribution in [0.15, 0.2) is 18.2 Å². The van der Waals surface area contributed by atoms with Crippen molar-refractivity contribution < 1.29 is 9.59 Å². The third-order valence-electron chi connectivity index (χ3n) is 3.51. The summed E-state index contributed by atoms with van der Waals surface area (Å²) in [5.74, 6) is -0.0384. The third kappa shape index (κ3) is 5.44. The lowest BCUT2D eigenvalue weighted by molar-refractivity contribution is 0.0773. The Kier molecular flexibility index (Phi) is 6.63. The van der Waals surface area contributed by atoms with Gasteiger partial charge in [-0.25, -0.2) is 4.79 Å². The van der Waals surface area contributed by atoms with Gasteiger partial charge in [0.25, 0.3) is 5.91 Å². The number of rotatable bonds is 5. The van der Waals surface area contributed by atoms with E-state index in [0.717, 1.165) is 5.69 Å². The van der Waals surface area contributed by atoms with Crippen LogP contribution in [0.3, 0.4) is 0 Å². The summed E-state index contributed by atoms with van der Waals surface area (Å²) in [6.45, 7) is 10.9. The molecule has 0 unspecified atom stereocenters. The van der Waals surface area contributed by atoms with Gasteiger partial charge in [0.1, 0.15) is 0 Å². The van der Waals surface area contributed by atoms with Gasteiger partial charge in [0, 0.05) is 44.1 Å². The Bertz CT molecular complexity index is 587. The maximum absolute atomic E-state index is 12.8. The summed E-state index contributed by atoms with van der Waals surface area (Å²) in [4.78, 5) is 28.5. The number of hydrogen-bond acceptors (Lipinski definition) is 3. The smallest absolute Gasteiger partial charge is 0.319 e. The molecule has 24 heavy (non-hydrogen) atoms.